The van der Waals surface area contributed by atoms with Crippen molar-refractivity contribution in [1.29, 1.82) is 0 Å². The number of ether oxygens (including phenoxy) is 1. The molecule has 1 heterocycles. The van der Waals surface area contributed by atoms with Gasteiger partial charge in [-0.2, -0.15) is 0 Å². The van der Waals surface area contributed by atoms with Crippen molar-refractivity contribution in [2.75, 3.05) is 34.4 Å². The van der Waals surface area contributed by atoms with Gasteiger partial charge in [0.2, 0.25) is 0 Å². The van der Waals surface area contributed by atoms with Crippen molar-refractivity contribution >= 4 is 11.7 Å². The zero-order chi connectivity index (χ0) is 20.7. The molecule has 0 aliphatic rings. The van der Waals surface area contributed by atoms with Crippen molar-refractivity contribution < 1.29 is 14.3 Å². The first kappa shape index (κ1) is 21.9. The Labute approximate surface area is 167 Å². The quantitative estimate of drug-likeness (QED) is 0.505. The second-order valence-electron chi connectivity index (χ2n) is 7.15. The maximum atomic E-state index is 12.8. The molecule has 28 heavy (non-hydrogen) atoms. The third-order valence-electron chi connectivity index (χ3n) is 4.91. The fraction of sp³-hybridized carbons (Fsp3) is 0.455. The summed E-state index contributed by atoms with van der Waals surface area (Å²) in [6.07, 6.45) is 0.923. The van der Waals surface area contributed by atoms with Gasteiger partial charge in [-0.3, -0.25) is 14.5 Å². The van der Waals surface area contributed by atoms with Crippen molar-refractivity contribution in [3.8, 4) is 0 Å². The highest BCUT2D eigenvalue weighted by molar-refractivity contribution is 5.99. The first-order chi connectivity index (χ1) is 13.4. The molecule has 0 unspecified atom stereocenters. The number of carbonyl (C=O) groups is 2. The van der Waals surface area contributed by atoms with Crippen molar-refractivity contribution in [3.63, 3.8) is 0 Å². The standard InChI is InChI=1S/C22H31N3O3/c1-16-13-20(17(2)25(16)11-6-12-28-5)21(26)15-24(4)14-18-7-9-19(10-8-18)22(27)23-3/h7-10,13H,6,11-12,14-15H2,1-5H3,(H,23,27). The topological polar surface area (TPSA) is 63.6 Å². The number of ketones is 1. The summed E-state index contributed by atoms with van der Waals surface area (Å²) in [6.45, 7) is 6.60. The van der Waals surface area contributed by atoms with Crippen LogP contribution < -0.4 is 5.32 Å². The molecule has 2 aromatic rings. The number of methoxy groups -OCH3 is 1. The molecule has 1 aromatic carbocycles. The van der Waals surface area contributed by atoms with Gasteiger partial charge in [-0.1, -0.05) is 12.1 Å². The van der Waals surface area contributed by atoms with Gasteiger partial charge in [0.25, 0.3) is 5.91 Å². The van der Waals surface area contributed by atoms with E-state index < -0.39 is 0 Å². The number of likely N-dealkylation sites (N-methyl/N-ethyl adjacent to an activating group) is 1. The number of carbonyl (C=O) groups excluding carboxylic acids is 2. The summed E-state index contributed by atoms with van der Waals surface area (Å²) < 4.78 is 7.31. The highest BCUT2D eigenvalue weighted by Gasteiger charge is 2.17. The Morgan fingerprint density at radius 3 is 2.46 bits per heavy atom. The van der Waals surface area contributed by atoms with Gasteiger partial charge >= 0.3 is 0 Å². The Kier molecular flexibility index (Phi) is 7.96. The molecule has 1 aromatic heterocycles. The molecular weight excluding hydrogens is 354 g/mol. The molecule has 0 aliphatic carbocycles. The molecule has 0 saturated carbocycles. The summed E-state index contributed by atoms with van der Waals surface area (Å²) in [5.41, 5.74) is 4.60. The Morgan fingerprint density at radius 1 is 1.18 bits per heavy atom. The van der Waals surface area contributed by atoms with Crippen molar-refractivity contribution in [3.05, 3.63) is 58.4 Å². The van der Waals surface area contributed by atoms with Gasteiger partial charge in [-0.15, -0.1) is 0 Å². The first-order valence-electron chi connectivity index (χ1n) is 9.55. The number of Topliss-reactive ketones (excluding diaryl/α,β-unsaturated/α-hetero) is 1. The first-order valence-corrected chi connectivity index (χ1v) is 9.55. The summed E-state index contributed by atoms with van der Waals surface area (Å²) in [4.78, 5) is 26.4. The number of nitrogens with zero attached hydrogens (tertiary/aromatic N) is 2. The van der Waals surface area contributed by atoms with E-state index in [1.807, 2.05) is 44.0 Å². The average molecular weight is 386 g/mol. The summed E-state index contributed by atoms with van der Waals surface area (Å²) in [6, 6.07) is 9.44. The minimum atomic E-state index is -0.101. The van der Waals surface area contributed by atoms with Crippen LogP contribution in [-0.4, -0.2) is 55.5 Å². The third-order valence-corrected chi connectivity index (χ3v) is 4.91. The Bertz CT molecular complexity index is 809. The smallest absolute Gasteiger partial charge is 0.251 e. The molecule has 0 aliphatic heterocycles. The van der Waals surface area contributed by atoms with Crippen LogP contribution in [0.3, 0.4) is 0 Å². The molecule has 6 nitrogen and oxygen atoms in total. The van der Waals surface area contributed by atoms with Crippen molar-refractivity contribution in [2.45, 2.75) is 33.4 Å². The summed E-state index contributed by atoms with van der Waals surface area (Å²) >= 11 is 0. The Morgan fingerprint density at radius 2 is 1.86 bits per heavy atom. The van der Waals surface area contributed by atoms with Gasteiger partial charge < -0.3 is 14.6 Å². The molecule has 2 rings (SSSR count). The van der Waals surface area contributed by atoms with Crippen LogP contribution in [0.2, 0.25) is 0 Å². The molecule has 0 atom stereocenters. The van der Waals surface area contributed by atoms with Crippen molar-refractivity contribution in [2.24, 2.45) is 0 Å². The van der Waals surface area contributed by atoms with Gasteiger partial charge in [-0.25, -0.2) is 0 Å². The minimum absolute atomic E-state index is 0.101. The van der Waals surface area contributed by atoms with Crippen LogP contribution in [0.25, 0.3) is 0 Å². The molecule has 1 N–H and O–H groups in total. The molecule has 0 fully saturated rings. The fourth-order valence-electron chi connectivity index (χ4n) is 3.40. The van der Waals surface area contributed by atoms with Crippen LogP contribution in [0.4, 0.5) is 0 Å². The number of amides is 1. The van der Waals surface area contributed by atoms with Gasteiger partial charge in [0.15, 0.2) is 5.78 Å². The van der Waals surface area contributed by atoms with E-state index in [4.69, 9.17) is 4.74 Å². The maximum absolute atomic E-state index is 12.8. The largest absolute Gasteiger partial charge is 0.385 e. The number of nitrogens with one attached hydrogen (secondary N) is 1. The van der Waals surface area contributed by atoms with Crippen LogP contribution >= 0.6 is 0 Å². The Balaban J connectivity index is 1.98. The monoisotopic (exact) mass is 385 g/mol. The van der Waals surface area contributed by atoms with Crippen LogP contribution in [0, 0.1) is 13.8 Å². The zero-order valence-corrected chi connectivity index (χ0v) is 17.5. The van der Waals surface area contributed by atoms with E-state index in [1.165, 1.54) is 0 Å². The summed E-state index contributed by atoms with van der Waals surface area (Å²) in [5.74, 6) is 0.0199. The number of hydrogen-bond acceptors (Lipinski definition) is 4. The predicted octanol–water partition coefficient (Wildman–Crippen LogP) is 2.82. The molecule has 6 heteroatoms. The third kappa shape index (κ3) is 5.53. The van der Waals surface area contributed by atoms with E-state index in [1.54, 1.807) is 26.3 Å². The van der Waals surface area contributed by atoms with E-state index >= 15 is 0 Å². The van der Waals surface area contributed by atoms with E-state index in [0.717, 1.165) is 35.5 Å². The lowest BCUT2D eigenvalue weighted by atomic mass is 10.1. The number of hydrogen-bond donors (Lipinski definition) is 1. The predicted molar refractivity (Wildman–Crippen MR) is 111 cm³/mol. The van der Waals surface area contributed by atoms with Crippen LogP contribution in [0.1, 0.15) is 44.1 Å². The second kappa shape index (κ2) is 10.2. The van der Waals surface area contributed by atoms with Crippen molar-refractivity contribution in [1.82, 2.24) is 14.8 Å². The van der Waals surface area contributed by atoms with Gasteiger partial charge in [0, 0.05) is 56.4 Å². The number of aryl methyl sites for hydroxylation is 1. The van der Waals surface area contributed by atoms with Crippen LogP contribution in [0.5, 0.6) is 0 Å². The van der Waals surface area contributed by atoms with Gasteiger partial charge in [0.1, 0.15) is 0 Å². The summed E-state index contributed by atoms with van der Waals surface area (Å²) in [5, 5.41) is 2.61. The van der Waals surface area contributed by atoms with E-state index in [9.17, 15) is 9.59 Å². The molecule has 1 amide bonds. The fourth-order valence-corrected chi connectivity index (χ4v) is 3.40. The van der Waals surface area contributed by atoms with E-state index in [-0.39, 0.29) is 11.7 Å². The summed E-state index contributed by atoms with van der Waals surface area (Å²) in [7, 11) is 5.25. The number of aromatic nitrogens is 1. The molecule has 0 radical (unpaired) electrons. The highest BCUT2D eigenvalue weighted by Crippen LogP contribution is 2.17. The molecule has 0 spiro atoms. The lowest BCUT2D eigenvalue weighted by molar-refractivity contribution is 0.0940. The molecule has 152 valence electrons. The molecular formula is C22H31N3O3. The number of benzene rings is 1. The zero-order valence-electron chi connectivity index (χ0n) is 17.5. The second-order valence-corrected chi connectivity index (χ2v) is 7.15. The highest BCUT2D eigenvalue weighted by atomic mass is 16.5. The lowest BCUT2D eigenvalue weighted by Gasteiger charge is -2.16. The van der Waals surface area contributed by atoms with E-state index in [0.29, 0.717) is 25.3 Å². The van der Waals surface area contributed by atoms with E-state index in [2.05, 4.69) is 9.88 Å². The van der Waals surface area contributed by atoms with Gasteiger partial charge in [-0.05, 0) is 51.1 Å². The minimum Gasteiger partial charge on any atom is -0.385 e. The normalized spacial score (nSPS) is 11.1. The SMILES string of the molecule is CNC(=O)c1ccc(CN(C)CC(=O)c2cc(C)n(CCCOC)c2C)cc1. The average Bonchev–Trinajstić information content (AvgIpc) is 2.96. The van der Waals surface area contributed by atoms with Crippen LogP contribution in [-0.2, 0) is 17.8 Å². The molecule has 0 saturated heterocycles. The maximum Gasteiger partial charge on any atom is 0.251 e. The van der Waals surface area contributed by atoms with Gasteiger partial charge in [0.05, 0.1) is 6.54 Å². The van der Waals surface area contributed by atoms with Crippen LogP contribution in [0.15, 0.2) is 30.3 Å². The number of rotatable bonds is 10. The Hall–Kier alpha value is -2.44. The lowest BCUT2D eigenvalue weighted by Crippen LogP contribution is -2.26. The molecule has 0 bridgehead atoms.